The van der Waals surface area contributed by atoms with Crippen LogP contribution in [0.1, 0.15) is 31.4 Å². The molecule has 1 aromatic carbocycles. The molecule has 0 spiro atoms. The number of nitrogens with two attached hydrogens (primary N) is 1. The first-order valence-electron chi connectivity index (χ1n) is 5.66. The van der Waals surface area contributed by atoms with Crippen LogP contribution < -0.4 is 5.73 Å². The van der Waals surface area contributed by atoms with E-state index in [1.165, 1.54) is 5.56 Å². The Kier molecular flexibility index (Phi) is 7.09. The van der Waals surface area contributed by atoms with Gasteiger partial charge in [-0.15, -0.1) is 30.1 Å². The maximum absolute atomic E-state index is 6.35. The van der Waals surface area contributed by atoms with Crippen LogP contribution in [0.5, 0.6) is 0 Å². The quantitative estimate of drug-likeness (QED) is 0.772. The van der Waals surface area contributed by atoms with Gasteiger partial charge in [0.25, 0.3) is 0 Å². The fourth-order valence-electron chi connectivity index (χ4n) is 2.06. The summed E-state index contributed by atoms with van der Waals surface area (Å²) < 4.78 is 0. The Labute approximate surface area is 115 Å². The Balaban J connectivity index is 0.00000256. The maximum atomic E-state index is 6.35. The van der Waals surface area contributed by atoms with Crippen LogP contribution in [0.2, 0.25) is 0 Å². The van der Waals surface area contributed by atoms with E-state index >= 15 is 0 Å². The van der Waals surface area contributed by atoms with Crippen LogP contribution in [0.15, 0.2) is 55.6 Å². The van der Waals surface area contributed by atoms with Crippen LogP contribution in [-0.2, 0) is 0 Å². The molecule has 94 valence electrons. The summed E-state index contributed by atoms with van der Waals surface area (Å²) in [5.41, 5.74) is 7.53. The first-order valence-corrected chi connectivity index (χ1v) is 5.66. The summed E-state index contributed by atoms with van der Waals surface area (Å²) in [5, 5.41) is 0. The number of rotatable bonds is 6. The van der Waals surface area contributed by atoms with Gasteiger partial charge in [-0.1, -0.05) is 49.4 Å². The van der Waals surface area contributed by atoms with Crippen molar-refractivity contribution in [1.82, 2.24) is 0 Å². The van der Waals surface area contributed by atoms with E-state index in [-0.39, 0.29) is 28.4 Å². The molecule has 1 atom stereocenters. The molecule has 0 amide bonds. The van der Waals surface area contributed by atoms with Gasteiger partial charge in [0, 0.05) is 6.04 Å². The van der Waals surface area contributed by atoms with Gasteiger partial charge in [-0.25, -0.2) is 0 Å². The molecule has 2 heteroatoms. The fraction of sp³-hybridized carbons (Fsp3) is 0.333. The molecular formula is C15H22BrN. The van der Waals surface area contributed by atoms with Crippen molar-refractivity contribution in [3.63, 3.8) is 0 Å². The average molecular weight is 296 g/mol. The second-order valence-corrected chi connectivity index (χ2v) is 4.53. The average Bonchev–Trinajstić information content (AvgIpc) is 2.30. The van der Waals surface area contributed by atoms with Gasteiger partial charge in [0.2, 0.25) is 0 Å². The molecule has 17 heavy (non-hydrogen) atoms. The molecule has 0 aliphatic carbocycles. The number of benzene rings is 1. The first-order chi connectivity index (χ1) is 7.64. The third-order valence-corrected chi connectivity index (χ3v) is 3.13. The normalized spacial score (nSPS) is 12.4. The predicted octanol–water partition coefficient (Wildman–Crippen LogP) is 4.42. The van der Waals surface area contributed by atoms with Crippen LogP contribution in [0, 0.1) is 5.41 Å². The molecule has 0 aromatic heterocycles. The molecule has 0 saturated carbocycles. The van der Waals surface area contributed by atoms with Crippen molar-refractivity contribution in [2.75, 3.05) is 0 Å². The van der Waals surface area contributed by atoms with E-state index in [0.717, 1.165) is 12.8 Å². The molecule has 2 N–H and O–H groups in total. The molecule has 0 fully saturated rings. The first kappa shape index (κ1) is 16.1. The topological polar surface area (TPSA) is 26.0 Å². The summed E-state index contributed by atoms with van der Waals surface area (Å²) >= 11 is 0. The highest BCUT2D eigenvalue weighted by atomic mass is 79.9. The lowest BCUT2D eigenvalue weighted by molar-refractivity contribution is 0.262. The molecule has 0 saturated heterocycles. The highest BCUT2D eigenvalue weighted by molar-refractivity contribution is 8.93. The number of hydrogen-bond acceptors (Lipinski definition) is 1. The van der Waals surface area contributed by atoms with Crippen molar-refractivity contribution in [2.24, 2.45) is 11.1 Å². The van der Waals surface area contributed by atoms with E-state index in [2.05, 4.69) is 32.2 Å². The van der Waals surface area contributed by atoms with Crippen LogP contribution in [0.4, 0.5) is 0 Å². The molecule has 1 nitrogen and oxygen atoms in total. The van der Waals surface area contributed by atoms with Gasteiger partial charge in [0.05, 0.1) is 0 Å². The van der Waals surface area contributed by atoms with Crippen molar-refractivity contribution in [3.8, 4) is 0 Å². The van der Waals surface area contributed by atoms with Crippen LogP contribution >= 0.6 is 17.0 Å². The highest BCUT2D eigenvalue weighted by Crippen LogP contribution is 2.38. The third-order valence-electron chi connectivity index (χ3n) is 3.13. The smallest absolute Gasteiger partial charge is 0.0355 e. The third kappa shape index (κ3) is 4.14. The lowest BCUT2D eigenvalue weighted by Gasteiger charge is -2.34. The zero-order valence-corrected chi connectivity index (χ0v) is 12.1. The van der Waals surface area contributed by atoms with Gasteiger partial charge < -0.3 is 5.73 Å². The molecule has 0 heterocycles. The molecule has 1 unspecified atom stereocenters. The molecule has 0 aliphatic heterocycles. The number of allylic oxidation sites excluding steroid dienone is 2. The van der Waals surface area contributed by atoms with Crippen LogP contribution in [0.3, 0.4) is 0 Å². The van der Waals surface area contributed by atoms with Crippen molar-refractivity contribution >= 4 is 17.0 Å². The monoisotopic (exact) mass is 295 g/mol. The van der Waals surface area contributed by atoms with Crippen molar-refractivity contribution in [3.05, 3.63) is 61.2 Å². The van der Waals surface area contributed by atoms with E-state index in [9.17, 15) is 0 Å². The van der Waals surface area contributed by atoms with Crippen molar-refractivity contribution < 1.29 is 0 Å². The molecule has 1 rings (SSSR count). The number of hydrogen-bond donors (Lipinski definition) is 1. The summed E-state index contributed by atoms with van der Waals surface area (Å²) in [6.07, 6.45) is 5.67. The van der Waals surface area contributed by atoms with E-state index in [0.29, 0.717) is 0 Å². The Bertz CT molecular complexity index is 335. The van der Waals surface area contributed by atoms with Gasteiger partial charge in [-0.2, -0.15) is 0 Å². The SMILES string of the molecule is Br.C=CCC(C)(CC=C)C(N)c1ccccc1. The minimum atomic E-state index is 0. The lowest BCUT2D eigenvalue weighted by atomic mass is 9.74. The van der Waals surface area contributed by atoms with E-state index in [1.807, 2.05) is 30.4 Å². The Hall–Kier alpha value is -0.860. The Morgan fingerprint density at radius 3 is 2.06 bits per heavy atom. The highest BCUT2D eigenvalue weighted by Gasteiger charge is 2.30. The minimum absolute atomic E-state index is 0. The van der Waals surface area contributed by atoms with Gasteiger partial charge in [0.1, 0.15) is 0 Å². The predicted molar refractivity (Wildman–Crippen MR) is 81.4 cm³/mol. The largest absolute Gasteiger partial charge is 0.323 e. The summed E-state index contributed by atoms with van der Waals surface area (Å²) in [4.78, 5) is 0. The molecular weight excluding hydrogens is 274 g/mol. The van der Waals surface area contributed by atoms with Gasteiger partial charge >= 0.3 is 0 Å². The van der Waals surface area contributed by atoms with E-state index < -0.39 is 0 Å². The maximum Gasteiger partial charge on any atom is 0.0355 e. The molecule has 0 aliphatic rings. The number of halogens is 1. The fourth-order valence-corrected chi connectivity index (χ4v) is 2.06. The summed E-state index contributed by atoms with van der Waals surface area (Å²) in [6, 6.07) is 10.2. The van der Waals surface area contributed by atoms with Crippen molar-refractivity contribution in [1.29, 1.82) is 0 Å². The van der Waals surface area contributed by atoms with Gasteiger partial charge in [0.15, 0.2) is 0 Å². The second-order valence-electron chi connectivity index (χ2n) is 4.53. The molecule has 0 radical (unpaired) electrons. The molecule has 0 bridgehead atoms. The summed E-state index contributed by atoms with van der Waals surface area (Å²) in [6.45, 7) is 9.82. The summed E-state index contributed by atoms with van der Waals surface area (Å²) in [5.74, 6) is 0. The van der Waals surface area contributed by atoms with Crippen LogP contribution in [-0.4, -0.2) is 0 Å². The van der Waals surface area contributed by atoms with Crippen molar-refractivity contribution in [2.45, 2.75) is 25.8 Å². The van der Waals surface area contributed by atoms with E-state index in [1.54, 1.807) is 0 Å². The van der Waals surface area contributed by atoms with Gasteiger partial charge in [-0.05, 0) is 23.8 Å². The zero-order chi connectivity index (χ0) is 12.0. The Morgan fingerprint density at radius 2 is 1.65 bits per heavy atom. The zero-order valence-electron chi connectivity index (χ0n) is 10.4. The Morgan fingerprint density at radius 1 is 1.18 bits per heavy atom. The second kappa shape index (κ2) is 7.46. The van der Waals surface area contributed by atoms with Crippen LogP contribution in [0.25, 0.3) is 0 Å². The minimum Gasteiger partial charge on any atom is -0.323 e. The standard InChI is InChI=1S/C15H21N.BrH/c1-4-11-15(3,12-5-2)14(16)13-9-7-6-8-10-13;/h4-10,14H,1-2,11-12,16H2,3H3;1H. The lowest BCUT2D eigenvalue weighted by Crippen LogP contribution is -2.31. The van der Waals surface area contributed by atoms with E-state index in [4.69, 9.17) is 5.73 Å². The summed E-state index contributed by atoms with van der Waals surface area (Å²) in [7, 11) is 0. The molecule has 1 aromatic rings. The van der Waals surface area contributed by atoms with Gasteiger partial charge in [-0.3, -0.25) is 0 Å².